The predicted molar refractivity (Wildman–Crippen MR) is 64.6 cm³/mol. The number of benzene rings is 1. The number of nitrogen functional groups attached to an aromatic ring is 1. The van der Waals surface area contributed by atoms with Gasteiger partial charge in [-0.25, -0.2) is 13.8 Å². The van der Waals surface area contributed by atoms with Gasteiger partial charge in [-0.2, -0.15) is 0 Å². The third-order valence-electron chi connectivity index (χ3n) is 2.19. The van der Waals surface area contributed by atoms with Crippen LogP contribution in [0.4, 0.5) is 14.5 Å². The van der Waals surface area contributed by atoms with Gasteiger partial charge < -0.3 is 5.73 Å². The quantitative estimate of drug-likeness (QED) is 0.852. The van der Waals surface area contributed by atoms with Gasteiger partial charge in [0.2, 0.25) is 0 Å². The molecule has 0 saturated carbocycles. The van der Waals surface area contributed by atoms with E-state index in [0.29, 0.717) is 10.7 Å². The largest absolute Gasteiger partial charge is 0.397 e. The normalized spacial score (nSPS) is 10.5. The molecule has 2 rings (SSSR count). The van der Waals surface area contributed by atoms with Gasteiger partial charge in [0.1, 0.15) is 11.6 Å². The second-order valence-corrected chi connectivity index (χ2v) is 4.41. The molecule has 0 aliphatic rings. The summed E-state index contributed by atoms with van der Waals surface area (Å²) in [4.78, 5) is 4.05. The number of halogens is 2. The molecule has 5 heteroatoms. The average Bonchev–Trinajstić information content (AvgIpc) is 2.31. The van der Waals surface area contributed by atoms with Crippen molar-refractivity contribution in [2.45, 2.75) is 10.8 Å². The van der Waals surface area contributed by atoms with Crippen LogP contribution in [0.15, 0.2) is 41.6 Å². The zero-order valence-corrected chi connectivity index (χ0v) is 9.68. The Hall–Kier alpha value is -1.62. The summed E-state index contributed by atoms with van der Waals surface area (Å²) in [6.45, 7) is 0. The zero-order valence-electron chi connectivity index (χ0n) is 8.86. The summed E-state index contributed by atoms with van der Waals surface area (Å²) in [5.74, 6) is -0.865. The molecule has 0 unspecified atom stereocenters. The number of thioether (sulfide) groups is 1. The second kappa shape index (κ2) is 5.14. The Bertz CT molecular complexity index is 494. The molecule has 2 N–H and O–H groups in total. The molecule has 17 heavy (non-hydrogen) atoms. The molecule has 0 atom stereocenters. The van der Waals surface area contributed by atoms with E-state index in [0.717, 1.165) is 0 Å². The lowest BCUT2D eigenvalue weighted by molar-refractivity contribution is 0.566. The van der Waals surface area contributed by atoms with Crippen molar-refractivity contribution in [2.24, 2.45) is 0 Å². The van der Waals surface area contributed by atoms with E-state index in [-0.39, 0.29) is 11.3 Å². The molecule has 1 aromatic carbocycles. The van der Waals surface area contributed by atoms with Gasteiger partial charge in [-0.1, -0.05) is 6.07 Å². The van der Waals surface area contributed by atoms with Crippen LogP contribution in [-0.2, 0) is 5.75 Å². The summed E-state index contributed by atoms with van der Waals surface area (Å²) in [5.41, 5.74) is 6.12. The van der Waals surface area contributed by atoms with Gasteiger partial charge in [0, 0.05) is 11.3 Å². The van der Waals surface area contributed by atoms with Crippen molar-refractivity contribution >= 4 is 17.4 Å². The average molecular weight is 252 g/mol. The van der Waals surface area contributed by atoms with Crippen LogP contribution in [0, 0.1) is 11.6 Å². The van der Waals surface area contributed by atoms with E-state index in [1.807, 2.05) is 0 Å². The van der Waals surface area contributed by atoms with E-state index in [2.05, 4.69) is 4.98 Å². The number of hydrogen-bond donors (Lipinski definition) is 1. The maximum Gasteiger partial charge on any atom is 0.130 e. The molecular weight excluding hydrogens is 242 g/mol. The van der Waals surface area contributed by atoms with Gasteiger partial charge in [0.15, 0.2) is 0 Å². The van der Waals surface area contributed by atoms with Gasteiger partial charge in [0.05, 0.1) is 16.9 Å². The number of anilines is 1. The van der Waals surface area contributed by atoms with E-state index < -0.39 is 11.6 Å². The summed E-state index contributed by atoms with van der Waals surface area (Å²) < 4.78 is 26.6. The first-order valence-electron chi connectivity index (χ1n) is 4.94. The van der Waals surface area contributed by atoms with Crippen molar-refractivity contribution < 1.29 is 8.78 Å². The molecule has 0 radical (unpaired) electrons. The topological polar surface area (TPSA) is 38.9 Å². The van der Waals surface area contributed by atoms with Gasteiger partial charge in [-0.05, 0) is 24.3 Å². The van der Waals surface area contributed by atoms with Gasteiger partial charge in [-0.3, -0.25) is 0 Å². The minimum absolute atomic E-state index is 0.0659. The van der Waals surface area contributed by atoms with E-state index >= 15 is 0 Å². The van der Waals surface area contributed by atoms with E-state index in [1.54, 1.807) is 12.1 Å². The Labute approximate surface area is 102 Å². The maximum absolute atomic E-state index is 13.3. The molecule has 0 amide bonds. The Morgan fingerprint density at radius 3 is 2.41 bits per heavy atom. The SMILES string of the molecule is Nc1ccc(SCc2c(F)cccc2F)nc1. The third kappa shape index (κ3) is 2.94. The van der Waals surface area contributed by atoms with E-state index in [9.17, 15) is 8.78 Å². The monoisotopic (exact) mass is 252 g/mol. The Morgan fingerprint density at radius 2 is 1.82 bits per heavy atom. The maximum atomic E-state index is 13.3. The molecule has 0 bridgehead atoms. The van der Waals surface area contributed by atoms with Crippen LogP contribution < -0.4 is 5.73 Å². The van der Waals surface area contributed by atoms with Gasteiger partial charge in [-0.15, -0.1) is 11.8 Å². The van der Waals surface area contributed by atoms with Crippen LogP contribution in [-0.4, -0.2) is 4.98 Å². The first-order valence-corrected chi connectivity index (χ1v) is 5.92. The summed E-state index contributed by atoms with van der Waals surface area (Å²) in [6, 6.07) is 7.26. The van der Waals surface area contributed by atoms with Crippen molar-refractivity contribution in [2.75, 3.05) is 5.73 Å². The molecule has 1 heterocycles. The second-order valence-electron chi connectivity index (χ2n) is 3.42. The van der Waals surface area contributed by atoms with Crippen molar-refractivity contribution in [1.82, 2.24) is 4.98 Å². The van der Waals surface area contributed by atoms with E-state index in [4.69, 9.17) is 5.73 Å². The number of aromatic nitrogens is 1. The molecule has 1 aromatic heterocycles. The Kier molecular flexibility index (Phi) is 3.58. The molecule has 2 nitrogen and oxygen atoms in total. The number of nitrogens with zero attached hydrogens (tertiary/aromatic N) is 1. The minimum atomic E-state index is -0.534. The highest BCUT2D eigenvalue weighted by atomic mass is 32.2. The number of rotatable bonds is 3. The molecule has 0 fully saturated rings. The zero-order chi connectivity index (χ0) is 12.3. The lowest BCUT2D eigenvalue weighted by Gasteiger charge is -2.04. The Morgan fingerprint density at radius 1 is 1.12 bits per heavy atom. The minimum Gasteiger partial charge on any atom is -0.397 e. The summed E-state index contributed by atoms with van der Waals surface area (Å²) in [5, 5.41) is 0.682. The van der Waals surface area contributed by atoms with Crippen molar-refractivity contribution in [3.63, 3.8) is 0 Å². The van der Waals surface area contributed by atoms with E-state index in [1.165, 1.54) is 36.2 Å². The molecule has 88 valence electrons. The molecule has 0 aliphatic carbocycles. The van der Waals surface area contributed by atoms with Crippen LogP contribution in [0.2, 0.25) is 0 Å². The standard InChI is InChI=1S/C12H10F2N2S/c13-10-2-1-3-11(14)9(10)7-17-12-5-4-8(15)6-16-12/h1-6H,7,15H2. The highest BCUT2D eigenvalue weighted by molar-refractivity contribution is 7.98. The highest BCUT2D eigenvalue weighted by Gasteiger charge is 2.08. The van der Waals surface area contributed by atoms with Crippen molar-refractivity contribution in [3.8, 4) is 0 Å². The van der Waals surface area contributed by atoms with Gasteiger partial charge in [0.25, 0.3) is 0 Å². The number of nitrogens with two attached hydrogens (primary N) is 1. The highest BCUT2D eigenvalue weighted by Crippen LogP contribution is 2.24. The molecule has 0 spiro atoms. The summed E-state index contributed by atoms with van der Waals surface area (Å²) in [7, 11) is 0. The van der Waals surface area contributed by atoms with Crippen LogP contribution in [0.25, 0.3) is 0 Å². The van der Waals surface area contributed by atoms with Crippen LogP contribution in [0.5, 0.6) is 0 Å². The van der Waals surface area contributed by atoms with Crippen LogP contribution in [0.3, 0.4) is 0 Å². The predicted octanol–water partition coefficient (Wildman–Crippen LogP) is 3.23. The first-order chi connectivity index (χ1) is 8.16. The van der Waals surface area contributed by atoms with Crippen molar-refractivity contribution in [1.29, 1.82) is 0 Å². The van der Waals surface area contributed by atoms with Gasteiger partial charge >= 0.3 is 0 Å². The fraction of sp³-hybridized carbons (Fsp3) is 0.0833. The summed E-state index contributed by atoms with van der Waals surface area (Å²) >= 11 is 1.26. The van der Waals surface area contributed by atoms with Crippen molar-refractivity contribution in [3.05, 3.63) is 53.7 Å². The first kappa shape index (κ1) is 11.9. The number of pyridine rings is 1. The fourth-order valence-electron chi connectivity index (χ4n) is 1.29. The van der Waals surface area contributed by atoms with Crippen LogP contribution >= 0.6 is 11.8 Å². The fourth-order valence-corrected chi connectivity index (χ4v) is 2.15. The van der Waals surface area contributed by atoms with Crippen LogP contribution in [0.1, 0.15) is 5.56 Å². The third-order valence-corrected chi connectivity index (χ3v) is 3.16. The summed E-state index contributed by atoms with van der Waals surface area (Å²) in [6.07, 6.45) is 1.51. The molecular formula is C12H10F2N2S. The lowest BCUT2D eigenvalue weighted by atomic mass is 10.2. The molecule has 0 saturated heterocycles. The molecule has 2 aromatic rings. The lowest BCUT2D eigenvalue weighted by Crippen LogP contribution is -1.93. The Balaban J connectivity index is 2.10. The molecule has 0 aliphatic heterocycles. The number of hydrogen-bond acceptors (Lipinski definition) is 3. The smallest absolute Gasteiger partial charge is 0.130 e.